The maximum absolute atomic E-state index is 12.5. The monoisotopic (exact) mass is 423 g/mol. The topological polar surface area (TPSA) is 64.0 Å². The second-order valence-corrected chi connectivity index (χ2v) is 10.3. The molecule has 162 valence electrons. The van der Waals surface area contributed by atoms with E-state index in [0.717, 1.165) is 57.3 Å². The third-order valence-electron chi connectivity index (χ3n) is 5.67. The highest BCUT2D eigenvalue weighted by Gasteiger charge is 2.35. The standard InChI is InChI=1S/C11H15F3N2.C8H17NO2S/c1-16-9(8-5-3-2-4-6-8)7-10(15-16)11(12,13)14;1-2-12(10,11)6-4-8-3-5-9-7-8/h7-8H,2-6H2,1H3;8-9H,2-7H2,1H3/t;8-/m.0/s1. The van der Waals surface area contributed by atoms with Gasteiger partial charge >= 0.3 is 6.18 Å². The Balaban J connectivity index is 0.000000209. The van der Waals surface area contributed by atoms with Gasteiger partial charge < -0.3 is 5.32 Å². The molecule has 1 saturated heterocycles. The fourth-order valence-electron chi connectivity index (χ4n) is 3.85. The van der Waals surface area contributed by atoms with Gasteiger partial charge in [-0.1, -0.05) is 26.2 Å². The molecule has 0 unspecified atom stereocenters. The van der Waals surface area contributed by atoms with Crippen molar-refractivity contribution in [1.29, 1.82) is 0 Å². The van der Waals surface area contributed by atoms with Gasteiger partial charge in [0.05, 0.1) is 5.75 Å². The van der Waals surface area contributed by atoms with E-state index in [1.54, 1.807) is 14.0 Å². The highest BCUT2D eigenvalue weighted by atomic mass is 32.2. The molecule has 0 spiro atoms. The Kier molecular flexibility index (Phi) is 8.36. The Labute approximate surface area is 166 Å². The Morgan fingerprint density at radius 1 is 1.21 bits per heavy atom. The van der Waals surface area contributed by atoms with E-state index in [1.807, 2.05) is 0 Å². The lowest BCUT2D eigenvalue weighted by atomic mass is 9.87. The van der Waals surface area contributed by atoms with Crippen molar-refractivity contribution in [2.45, 2.75) is 64.0 Å². The largest absolute Gasteiger partial charge is 0.435 e. The van der Waals surface area contributed by atoms with Gasteiger partial charge in [0.15, 0.2) is 5.69 Å². The first-order valence-electron chi connectivity index (χ1n) is 10.1. The lowest BCUT2D eigenvalue weighted by Gasteiger charge is -2.21. The molecule has 1 aliphatic heterocycles. The SMILES string of the molecule is CCS(=O)(=O)CC[C@@H]1CCNC1.Cn1nc(C(F)(F)F)cc1C1CCCCC1. The summed E-state index contributed by atoms with van der Waals surface area (Å²) in [4.78, 5) is 0. The lowest BCUT2D eigenvalue weighted by molar-refractivity contribution is -0.141. The Morgan fingerprint density at radius 2 is 1.89 bits per heavy atom. The first-order valence-corrected chi connectivity index (χ1v) is 12.0. The number of nitrogens with zero attached hydrogens (tertiary/aromatic N) is 2. The van der Waals surface area contributed by atoms with Gasteiger partial charge in [-0.25, -0.2) is 8.42 Å². The van der Waals surface area contributed by atoms with Gasteiger partial charge in [0.1, 0.15) is 9.84 Å². The second-order valence-electron chi connectivity index (χ2n) is 7.79. The molecule has 1 atom stereocenters. The highest BCUT2D eigenvalue weighted by molar-refractivity contribution is 7.91. The summed E-state index contributed by atoms with van der Waals surface area (Å²) in [5.74, 6) is 1.50. The van der Waals surface area contributed by atoms with Crippen molar-refractivity contribution in [1.82, 2.24) is 15.1 Å². The number of sulfone groups is 1. The van der Waals surface area contributed by atoms with Crippen LogP contribution in [0.15, 0.2) is 6.07 Å². The van der Waals surface area contributed by atoms with Crippen molar-refractivity contribution >= 4 is 9.84 Å². The fraction of sp³-hybridized carbons (Fsp3) is 0.842. The quantitative estimate of drug-likeness (QED) is 0.780. The number of hydrogen-bond donors (Lipinski definition) is 1. The molecule has 9 heteroatoms. The van der Waals surface area contributed by atoms with E-state index < -0.39 is 21.7 Å². The molecule has 1 aromatic heterocycles. The van der Waals surface area contributed by atoms with Gasteiger partial charge in [-0.05, 0) is 50.8 Å². The van der Waals surface area contributed by atoms with Gasteiger partial charge in [-0.3, -0.25) is 4.68 Å². The van der Waals surface area contributed by atoms with E-state index in [-0.39, 0.29) is 11.7 Å². The first kappa shape index (κ1) is 23.2. The Bertz CT molecular complexity index is 704. The number of aromatic nitrogens is 2. The Morgan fingerprint density at radius 3 is 2.39 bits per heavy atom. The molecule has 1 aromatic rings. The average Bonchev–Trinajstić information content (AvgIpc) is 3.31. The van der Waals surface area contributed by atoms with Crippen molar-refractivity contribution in [3.8, 4) is 0 Å². The van der Waals surface area contributed by atoms with E-state index in [1.165, 1.54) is 17.2 Å². The molecule has 1 aliphatic carbocycles. The van der Waals surface area contributed by atoms with E-state index >= 15 is 0 Å². The number of aryl methyl sites for hydroxylation is 1. The zero-order chi connectivity index (χ0) is 20.8. The number of alkyl halides is 3. The molecular formula is C19H32F3N3O2S. The van der Waals surface area contributed by atoms with Gasteiger partial charge in [-0.15, -0.1) is 0 Å². The van der Waals surface area contributed by atoms with Crippen LogP contribution >= 0.6 is 0 Å². The van der Waals surface area contributed by atoms with Crippen molar-refractivity contribution < 1.29 is 21.6 Å². The summed E-state index contributed by atoms with van der Waals surface area (Å²) in [5, 5.41) is 6.78. The number of rotatable bonds is 5. The minimum atomic E-state index is -4.33. The smallest absolute Gasteiger partial charge is 0.316 e. The van der Waals surface area contributed by atoms with Crippen LogP contribution in [-0.4, -0.2) is 42.8 Å². The number of nitrogens with one attached hydrogen (secondary N) is 1. The molecule has 2 heterocycles. The normalized spacial score (nSPS) is 21.4. The van der Waals surface area contributed by atoms with Crippen LogP contribution in [0.5, 0.6) is 0 Å². The van der Waals surface area contributed by atoms with Crippen LogP contribution in [0.4, 0.5) is 13.2 Å². The fourth-order valence-corrected chi connectivity index (χ4v) is 4.83. The molecule has 3 rings (SSSR count). The van der Waals surface area contributed by atoms with Crippen LogP contribution in [0.25, 0.3) is 0 Å². The number of halogens is 3. The molecule has 5 nitrogen and oxygen atoms in total. The number of hydrogen-bond acceptors (Lipinski definition) is 4. The van der Waals surface area contributed by atoms with Crippen molar-refractivity contribution in [3.63, 3.8) is 0 Å². The molecule has 2 fully saturated rings. The van der Waals surface area contributed by atoms with Gasteiger partial charge in [0.25, 0.3) is 0 Å². The molecule has 2 aliphatic rings. The third-order valence-corrected chi connectivity index (χ3v) is 7.41. The van der Waals surface area contributed by atoms with Gasteiger partial charge in [-0.2, -0.15) is 18.3 Å². The van der Waals surface area contributed by atoms with E-state index in [4.69, 9.17) is 0 Å². The summed E-state index contributed by atoms with van der Waals surface area (Å²) in [7, 11) is -1.14. The summed E-state index contributed by atoms with van der Waals surface area (Å²) in [6.45, 7) is 3.76. The zero-order valence-electron chi connectivity index (χ0n) is 16.8. The van der Waals surface area contributed by atoms with Gasteiger partial charge in [0.2, 0.25) is 0 Å². The molecule has 0 radical (unpaired) electrons. The molecule has 1 N–H and O–H groups in total. The van der Waals surface area contributed by atoms with Crippen molar-refractivity contribution in [3.05, 3.63) is 17.5 Å². The summed E-state index contributed by atoms with van der Waals surface area (Å²) in [6.07, 6.45) is 3.02. The predicted octanol–water partition coefficient (Wildman–Crippen LogP) is 3.91. The maximum atomic E-state index is 12.5. The summed E-state index contributed by atoms with van der Waals surface area (Å²) in [6, 6.07) is 1.20. The first-order chi connectivity index (χ1) is 13.1. The summed E-state index contributed by atoms with van der Waals surface area (Å²) < 4.78 is 61.1. The van der Waals surface area contributed by atoms with E-state index in [0.29, 0.717) is 11.7 Å². The molecule has 0 amide bonds. The third kappa shape index (κ3) is 7.06. The molecule has 28 heavy (non-hydrogen) atoms. The minimum absolute atomic E-state index is 0.252. The molecule has 1 saturated carbocycles. The summed E-state index contributed by atoms with van der Waals surface area (Å²) in [5.41, 5.74) is -0.0393. The minimum Gasteiger partial charge on any atom is -0.316 e. The van der Waals surface area contributed by atoms with Crippen LogP contribution in [0.1, 0.15) is 69.2 Å². The average molecular weight is 424 g/mol. The molecular weight excluding hydrogens is 391 g/mol. The summed E-state index contributed by atoms with van der Waals surface area (Å²) >= 11 is 0. The second kappa shape index (κ2) is 10.1. The molecule has 0 aromatic carbocycles. The van der Waals surface area contributed by atoms with E-state index in [2.05, 4.69) is 10.4 Å². The Hall–Kier alpha value is -1.09. The van der Waals surface area contributed by atoms with Crippen LogP contribution in [0.2, 0.25) is 0 Å². The van der Waals surface area contributed by atoms with Crippen molar-refractivity contribution in [2.75, 3.05) is 24.6 Å². The van der Waals surface area contributed by atoms with Crippen LogP contribution in [0.3, 0.4) is 0 Å². The van der Waals surface area contributed by atoms with Gasteiger partial charge in [0, 0.05) is 24.4 Å². The van der Waals surface area contributed by atoms with Crippen LogP contribution in [0, 0.1) is 5.92 Å². The van der Waals surface area contributed by atoms with Crippen LogP contribution in [-0.2, 0) is 23.1 Å². The van der Waals surface area contributed by atoms with E-state index in [9.17, 15) is 21.6 Å². The lowest BCUT2D eigenvalue weighted by Crippen LogP contribution is -2.15. The zero-order valence-corrected chi connectivity index (χ0v) is 17.6. The molecule has 0 bridgehead atoms. The highest BCUT2D eigenvalue weighted by Crippen LogP contribution is 2.35. The van der Waals surface area contributed by atoms with Crippen molar-refractivity contribution in [2.24, 2.45) is 13.0 Å². The maximum Gasteiger partial charge on any atom is 0.435 e. The van der Waals surface area contributed by atoms with Crippen LogP contribution < -0.4 is 5.32 Å². The predicted molar refractivity (Wildman–Crippen MR) is 104 cm³/mol.